The molecule has 1 unspecified atom stereocenters. The normalized spacial score (nSPS) is 13.3. The molecule has 0 aliphatic carbocycles. The molecule has 1 aromatic carbocycles. The molecule has 1 atom stereocenters. The average molecular weight is 294 g/mol. The van der Waals surface area contributed by atoms with E-state index >= 15 is 0 Å². The molecule has 0 radical (unpaired) electrons. The number of carbonyl (C=O) groups is 1. The van der Waals surface area contributed by atoms with Crippen LogP contribution in [0.25, 0.3) is 0 Å². The van der Waals surface area contributed by atoms with Crippen LogP contribution >= 0.6 is 0 Å². The first-order valence-electron chi connectivity index (χ1n) is 7.33. The fourth-order valence-corrected chi connectivity index (χ4v) is 2.10. The summed E-state index contributed by atoms with van der Waals surface area (Å²) in [6.07, 6.45) is 0. The van der Waals surface area contributed by atoms with E-state index in [1.165, 1.54) is 6.07 Å². The molecule has 0 heterocycles. The topological polar surface area (TPSA) is 32.3 Å². The Hall–Kier alpha value is -1.42. The van der Waals surface area contributed by atoms with Crippen molar-refractivity contribution >= 4 is 5.91 Å². The van der Waals surface area contributed by atoms with E-state index in [1.54, 1.807) is 19.1 Å². The van der Waals surface area contributed by atoms with Crippen LogP contribution < -0.4 is 5.32 Å². The smallest absolute Gasteiger partial charge is 0.234 e. The second kappa shape index (κ2) is 7.03. The van der Waals surface area contributed by atoms with Crippen molar-refractivity contribution in [1.29, 1.82) is 0 Å². The molecule has 1 N–H and O–H groups in total. The molecule has 0 fully saturated rings. The Bertz CT molecular complexity index is 494. The van der Waals surface area contributed by atoms with Gasteiger partial charge >= 0.3 is 0 Å². The Balaban J connectivity index is 2.49. The van der Waals surface area contributed by atoms with Gasteiger partial charge in [0.15, 0.2) is 0 Å². The molecule has 1 rings (SSSR count). The van der Waals surface area contributed by atoms with E-state index in [1.807, 2.05) is 11.9 Å². The Morgan fingerprint density at radius 1 is 1.38 bits per heavy atom. The third kappa shape index (κ3) is 5.46. The lowest BCUT2D eigenvalue weighted by Gasteiger charge is -2.34. The molecule has 21 heavy (non-hydrogen) atoms. The van der Waals surface area contributed by atoms with Crippen molar-refractivity contribution in [1.82, 2.24) is 10.2 Å². The van der Waals surface area contributed by atoms with Crippen molar-refractivity contribution in [3.8, 4) is 0 Å². The first-order valence-corrected chi connectivity index (χ1v) is 7.33. The first-order chi connectivity index (χ1) is 9.61. The van der Waals surface area contributed by atoms with E-state index in [-0.39, 0.29) is 17.1 Å². The van der Waals surface area contributed by atoms with Gasteiger partial charge in [-0.1, -0.05) is 32.9 Å². The number of halogens is 1. The van der Waals surface area contributed by atoms with E-state index in [9.17, 15) is 9.18 Å². The van der Waals surface area contributed by atoms with Gasteiger partial charge in [-0.15, -0.1) is 0 Å². The van der Waals surface area contributed by atoms with Gasteiger partial charge in [-0.3, -0.25) is 9.69 Å². The standard InChI is InChI=1S/C17H27FN2O/c1-12-9-14(7-8-15(12)18)10-19-16(21)11-20(6)13(2)17(3,4)5/h7-9,13H,10-11H2,1-6H3,(H,19,21). The van der Waals surface area contributed by atoms with Gasteiger partial charge in [-0.2, -0.15) is 0 Å². The fourth-order valence-electron chi connectivity index (χ4n) is 2.10. The molecule has 0 aromatic heterocycles. The number of benzene rings is 1. The SMILES string of the molecule is Cc1cc(CNC(=O)CN(C)C(C)C(C)(C)C)ccc1F. The highest BCUT2D eigenvalue weighted by atomic mass is 19.1. The number of likely N-dealkylation sites (N-methyl/N-ethyl adjacent to an activating group) is 1. The third-order valence-corrected chi connectivity index (χ3v) is 4.02. The molecule has 4 heteroatoms. The summed E-state index contributed by atoms with van der Waals surface area (Å²) in [6, 6.07) is 5.20. The second-order valence-corrected chi connectivity index (χ2v) is 6.82. The summed E-state index contributed by atoms with van der Waals surface area (Å²) in [6.45, 7) is 11.1. The molecule has 118 valence electrons. The van der Waals surface area contributed by atoms with Crippen molar-refractivity contribution in [2.24, 2.45) is 5.41 Å². The van der Waals surface area contributed by atoms with Crippen LogP contribution in [0, 0.1) is 18.2 Å². The van der Waals surface area contributed by atoms with Crippen LogP contribution in [-0.2, 0) is 11.3 Å². The van der Waals surface area contributed by atoms with Crippen LogP contribution in [0.3, 0.4) is 0 Å². The number of nitrogens with zero attached hydrogens (tertiary/aromatic N) is 1. The Labute approximate surface area is 127 Å². The lowest BCUT2D eigenvalue weighted by Crippen LogP contribution is -2.44. The molecule has 0 spiro atoms. The van der Waals surface area contributed by atoms with E-state index in [0.717, 1.165) is 5.56 Å². The van der Waals surface area contributed by atoms with Gasteiger partial charge < -0.3 is 5.32 Å². The van der Waals surface area contributed by atoms with Gasteiger partial charge in [0.05, 0.1) is 6.54 Å². The highest BCUT2D eigenvalue weighted by molar-refractivity contribution is 5.78. The van der Waals surface area contributed by atoms with Gasteiger partial charge in [-0.25, -0.2) is 4.39 Å². The third-order valence-electron chi connectivity index (χ3n) is 4.02. The van der Waals surface area contributed by atoms with Gasteiger partial charge in [0.2, 0.25) is 5.91 Å². The molecule has 0 aliphatic rings. The van der Waals surface area contributed by atoms with Crippen LogP contribution in [0.5, 0.6) is 0 Å². The van der Waals surface area contributed by atoms with Crippen molar-refractivity contribution in [2.75, 3.05) is 13.6 Å². The van der Waals surface area contributed by atoms with Gasteiger partial charge in [0.1, 0.15) is 5.82 Å². The van der Waals surface area contributed by atoms with E-state index < -0.39 is 0 Å². The average Bonchev–Trinajstić information content (AvgIpc) is 2.38. The lowest BCUT2D eigenvalue weighted by molar-refractivity contribution is -0.123. The minimum Gasteiger partial charge on any atom is -0.351 e. The molecular weight excluding hydrogens is 267 g/mol. The minimum absolute atomic E-state index is 0.0180. The van der Waals surface area contributed by atoms with Gasteiger partial charge in [-0.05, 0) is 43.5 Å². The zero-order valence-corrected chi connectivity index (χ0v) is 14.0. The largest absolute Gasteiger partial charge is 0.351 e. The van der Waals surface area contributed by atoms with Crippen LogP contribution in [0.15, 0.2) is 18.2 Å². The molecular formula is C17H27FN2O. The van der Waals surface area contributed by atoms with Crippen molar-refractivity contribution in [3.63, 3.8) is 0 Å². The Kier molecular flexibility index (Phi) is 5.90. The zero-order chi connectivity index (χ0) is 16.2. The van der Waals surface area contributed by atoms with Crippen LogP contribution in [0.2, 0.25) is 0 Å². The predicted molar refractivity (Wildman–Crippen MR) is 84.5 cm³/mol. The van der Waals surface area contributed by atoms with Gasteiger partial charge in [0.25, 0.3) is 0 Å². The molecule has 1 aromatic rings. The fraction of sp³-hybridized carbons (Fsp3) is 0.588. The Morgan fingerprint density at radius 3 is 2.52 bits per heavy atom. The molecule has 0 aliphatic heterocycles. The van der Waals surface area contributed by atoms with Crippen LogP contribution in [0.1, 0.15) is 38.8 Å². The maximum Gasteiger partial charge on any atom is 0.234 e. The molecule has 1 amide bonds. The summed E-state index contributed by atoms with van der Waals surface area (Å²) in [7, 11) is 1.96. The van der Waals surface area contributed by atoms with Crippen LogP contribution in [-0.4, -0.2) is 30.4 Å². The maximum absolute atomic E-state index is 13.2. The number of nitrogens with one attached hydrogen (secondary N) is 1. The number of carbonyl (C=O) groups excluding carboxylic acids is 1. The summed E-state index contributed by atoms with van der Waals surface area (Å²) in [5.74, 6) is -0.237. The summed E-state index contributed by atoms with van der Waals surface area (Å²) in [5.41, 5.74) is 1.64. The summed E-state index contributed by atoms with van der Waals surface area (Å²) in [5, 5.41) is 2.88. The minimum atomic E-state index is -0.219. The second-order valence-electron chi connectivity index (χ2n) is 6.82. The monoisotopic (exact) mass is 294 g/mol. The summed E-state index contributed by atoms with van der Waals surface area (Å²) in [4.78, 5) is 14.0. The highest BCUT2D eigenvalue weighted by Crippen LogP contribution is 2.22. The quantitative estimate of drug-likeness (QED) is 0.905. The van der Waals surface area contributed by atoms with Crippen molar-refractivity contribution in [3.05, 3.63) is 35.1 Å². The molecule has 0 bridgehead atoms. The van der Waals surface area contributed by atoms with Gasteiger partial charge in [0, 0.05) is 12.6 Å². The first kappa shape index (κ1) is 17.6. The van der Waals surface area contributed by atoms with Crippen molar-refractivity contribution in [2.45, 2.75) is 47.2 Å². The number of rotatable bonds is 5. The summed E-state index contributed by atoms with van der Waals surface area (Å²) >= 11 is 0. The zero-order valence-electron chi connectivity index (χ0n) is 14.0. The maximum atomic E-state index is 13.2. The molecule has 0 saturated heterocycles. The Morgan fingerprint density at radius 2 is 2.00 bits per heavy atom. The molecule has 3 nitrogen and oxygen atoms in total. The number of amides is 1. The van der Waals surface area contributed by atoms with E-state index in [4.69, 9.17) is 0 Å². The molecule has 0 saturated carbocycles. The summed E-state index contributed by atoms with van der Waals surface area (Å²) < 4.78 is 13.2. The van der Waals surface area contributed by atoms with Crippen molar-refractivity contribution < 1.29 is 9.18 Å². The lowest BCUT2D eigenvalue weighted by atomic mass is 9.87. The predicted octanol–water partition coefficient (Wildman–Crippen LogP) is 3.12. The van der Waals surface area contributed by atoms with Crippen LogP contribution in [0.4, 0.5) is 4.39 Å². The van der Waals surface area contributed by atoms with E-state index in [0.29, 0.717) is 24.7 Å². The highest BCUT2D eigenvalue weighted by Gasteiger charge is 2.24. The number of hydrogen-bond donors (Lipinski definition) is 1. The number of aryl methyl sites for hydroxylation is 1. The number of hydrogen-bond acceptors (Lipinski definition) is 2. The van der Waals surface area contributed by atoms with E-state index in [2.05, 4.69) is 33.0 Å².